The zero-order chi connectivity index (χ0) is 9.26. The number of imidazole rings is 1. The molecule has 70 valence electrons. The normalized spacial score (nSPS) is 16.5. The predicted octanol–water partition coefficient (Wildman–Crippen LogP) is -0.520. The Kier molecular flexibility index (Phi) is 1.90. The van der Waals surface area contributed by atoms with Crippen LogP contribution in [0.4, 0.5) is 0 Å². The third-order valence-corrected chi connectivity index (χ3v) is 1.81. The van der Waals surface area contributed by atoms with Gasteiger partial charge in [0.1, 0.15) is 5.69 Å². The number of hydrogen-bond acceptors (Lipinski definition) is 3. The Morgan fingerprint density at radius 2 is 2.46 bits per heavy atom. The molecule has 0 radical (unpaired) electrons. The van der Waals surface area contributed by atoms with Gasteiger partial charge in [0.25, 0.3) is 5.91 Å². The second-order valence-electron chi connectivity index (χ2n) is 2.75. The van der Waals surface area contributed by atoms with E-state index in [1.807, 2.05) is 0 Å². The Morgan fingerprint density at radius 1 is 1.62 bits per heavy atom. The van der Waals surface area contributed by atoms with E-state index < -0.39 is 0 Å². The standard InChI is InChI=1S/C7H9N3O3/c11-6(10-2-1-3-13-10)5-4-8-7(12)9-5/h4H,1-3H2,(H2,8,9,12). The number of aromatic nitrogens is 2. The number of nitrogens with zero attached hydrogens (tertiary/aromatic N) is 1. The maximum Gasteiger partial charge on any atom is 0.323 e. The second kappa shape index (κ2) is 3.06. The van der Waals surface area contributed by atoms with Crippen LogP contribution in [0.25, 0.3) is 0 Å². The first kappa shape index (κ1) is 8.06. The molecule has 1 aromatic rings. The molecule has 2 rings (SSSR count). The van der Waals surface area contributed by atoms with Crippen LogP contribution in [0.3, 0.4) is 0 Å². The van der Waals surface area contributed by atoms with Crippen molar-refractivity contribution >= 4 is 5.91 Å². The molecule has 2 N–H and O–H groups in total. The highest BCUT2D eigenvalue weighted by molar-refractivity contribution is 5.91. The molecule has 6 nitrogen and oxygen atoms in total. The number of hydroxylamine groups is 2. The van der Waals surface area contributed by atoms with Crippen LogP contribution in [-0.2, 0) is 4.84 Å². The van der Waals surface area contributed by atoms with Crippen LogP contribution in [0, 0.1) is 0 Å². The lowest BCUT2D eigenvalue weighted by molar-refractivity contribution is -0.0771. The summed E-state index contributed by atoms with van der Waals surface area (Å²) in [6, 6.07) is 0. The lowest BCUT2D eigenvalue weighted by Gasteiger charge is -2.11. The molecule has 0 spiro atoms. The van der Waals surface area contributed by atoms with Crippen LogP contribution in [-0.4, -0.2) is 34.1 Å². The number of H-pyrrole nitrogens is 2. The Labute approximate surface area is 73.5 Å². The van der Waals surface area contributed by atoms with Crippen LogP contribution in [0.5, 0.6) is 0 Å². The second-order valence-corrected chi connectivity index (χ2v) is 2.75. The molecule has 1 aliphatic heterocycles. The number of amides is 1. The smallest absolute Gasteiger partial charge is 0.312 e. The van der Waals surface area contributed by atoms with Gasteiger partial charge in [-0.15, -0.1) is 0 Å². The summed E-state index contributed by atoms with van der Waals surface area (Å²) in [5, 5.41) is 1.25. The summed E-state index contributed by atoms with van der Waals surface area (Å²) in [7, 11) is 0. The molecule has 1 aromatic heterocycles. The number of rotatable bonds is 1. The number of aromatic amines is 2. The molecule has 0 saturated carbocycles. The maximum atomic E-state index is 11.5. The summed E-state index contributed by atoms with van der Waals surface area (Å²) in [5.74, 6) is -0.309. The molecule has 6 heteroatoms. The van der Waals surface area contributed by atoms with Crippen molar-refractivity contribution in [2.45, 2.75) is 6.42 Å². The van der Waals surface area contributed by atoms with E-state index >= 15 is 0 Å². The van der Waals surface area contributed by atoms with Gasteiger partial charge in [-0.25, -0.2) is 9.86 Å². The molecular weight excluding hydrogens is 174 g/mol. The fraction of sp³-hybridized carbons (Fsp3) is 0.429. The highest BCUT2D eigenvalue weighted by atomic mass is 16.7. The van der Waals surface area contributed by atoms with E-state index in [1.165, 1.54) is 11.3 Å². The average molecular weight is 183 g/mol. The fourth-order valence-electron chi connectivity index (χ4n) is 1.19. The van der Waals surface area contributed by atoms with Crippen molar-refractivity contribution < 1.29 is 9.63 Å². The van der Waals surface area contributed by atoms with Crippen LogP contribution in [0.1, 0.15) is 16.9 Å². The molecule has 1 saturated heterocycles. The molecule has 1 aliphatic rings. The highest BCUT2D eigenvalue weighted by Gasteiger charge is 2.21. The van der Waals surface area contributed by atoms with Gasteiger partial charge in [0, 0.05) is 6.20 Å². The monoisotopic (exact) mass is 183 g/mol. The number of nitrogens with one attached hydrogen (secondary N) is 2. The van der Waals surface area contributed by atoms with Gasteiger partial charge in [-0.3, -0.25) is 9.63 Å². The molecular formula is C7H9N3O3. The molecule has 1 fully saturated rings. The molecule has 2 heterocycles. The van der Waals surface area contributed by atoms with E-state index in [0.29, 0.717) is 13.2 Å². The van der Waals surface area contributed by atoms with Gasteiger partial charge >= 0.3 is 5.69 Å². The van der Waals surface area contributed by atoms with Gasteiger partial charge in [0.05, 0.1) is 13.2 Å². The Hall–Kier alpha value is -1.56. The van der Waals surface area contributed by atoms with Crippen LogP contribution >= 0.6 is 0 Å². The Balaban J connectivity index is 2.16. The largest absolute Gasteiger partial charge is 0.323 e. The zero-order valence-electron chi connectivity index (χ0n) is 6.87. The summed E-state index contributed by atoms with van der Waals surface area (Å²) in [5.41, 5.74) is -0.158. The van der Waals surface area contributed by atoms with Gasteiger partial charge in [0.2, 0.25) is 0 Å². The molecule has 0 bridgehead atoms. The topological polar surface area (TPSA) is 78.2 Å². The minimum atomic E-state index is -0.387. The third kappa shape index (κ3) is 1.48. The summed E-state index contributed by atoms with van der Waals surface area (Å²) in [6.45, 7) is 1.13. The van der Waals surface area contributed by atoms with Gasteiger partial charge in [-0.2, -0.15) is 0 Å². The van der Waals surface area contributed by atoms with Gasteiger partial charge < -0.3 is 9.97 Å². The summed E-state index contributed by atoms with van der Waals surface area (Å²) in [6.07, 6.45) is 2.17. The first-order valence-corrected chi connectivity index (χ1v) is 4.00. The summed E-state index contributed by atoms with van der Waals surface area (Å²) < 4.78 is 0. The summed E-state index contributed by atoms with van der Waals surface area (Å²) >= 11 is 0. The predicted molar refractivity (Wildman–Crippen MR) is 43.0 cm³/mol. The van der Waals surface area contributed by atoms with Crippen molar-refractivity contribution in [2.75, 3.05) is 13.2 Å². The van der Waals surface area contributed by atoms with E-state index in [4.69, 9.17) is 4.84 Å². The lowest BCUT2D eigenvalue weighted by Crippen LogP contribution is -2.27. The van der Waals surface area contributed by atoms with E-state index in [9.17, 15) is 9.59 Å². The molecule has 0 unspecified atom stereocenters. The van der Waals surface area contributed by atoms with Gasteiger partial charge in [-0.1, -0.05) is 0 Å². The van der Waals surface area contributed by atoms with Crippen molar-refractivity contribution in [3.8, 4) is 0 Å². The Bertz CT molecular complexity index is 361. The average Bonchev–Trinajstić information content (AvgIpc) is 2.72. The SMILES string of the molecule is O=C(c1c[nH]c(=O)[nH]1)N1CCCO1. The van der Waals surface area contributed by atoms with Crippen molar-refractivity contribution in [3.05, 3.63) is 22.4 Å². The van der Waals surface area contributed by atoms with Gasteiger partial charge in [0.15, 0.2) is 0 Å². The van der Waals surface area contributed by atoms with E-state index in [0.717, 1.165) is 6.42 Å². The minimum absolute atomic E-state index is 0.229. The quantitative estimate of drug-likeness (QED) is 0.615. The first-order valence-electron chi connectivity index (χ1n) is 4.00. The lowest BCUT2D eigenvalue weighted by atomic mass is 10.4. The minimum Gasteiger partial charge on any atom is -0.312 e. The molecule has 1 amide bonds. The summed E-state index contributed by atoms with van der Waals surface area (Å²) in [4.78, 5) is 31.9. The van der Waals surface area contributed by atoms with E-state index in [-0.39, 0.29) is 17.3 Å². The van der Waals surface area contributed by atoms with Crippen molar-refractivity contribution in [1.29, 1.82) is 0 Å². The van der Waals surface area contributed by atoms with E-state index in [1.54, 1.807) is 0 Å². The van der Waals surface area contributed by atoms with Crippen molar-refractivity contribution in [1.82, 2.24) is 15.0 Å². The number of carbonyl (C=O) groups is 1. The van der Waals surface area contributed by atoms with Crippen LogP contribution < -0.4 is 5.69 Å². The first-order chi connectivity index (χ1) is 6.27. The highest BCUT2D eigenvalue weighted by Crippen LogP contribution is 2.07. The zero-order valence-corrected chi connectivity index (χ0v) is 6.87. The molecule has 0 atom stereocenters. The van der Waals surface area contributed by atoms with Crippen molar-refractivity contribution in [2.24, 2.45) is 0 Å². The van der Waals surface area contributed by atoms with Crippen LogP contribution in [0.15, 0.2) is 11.0 Å². The molecule has 13 heavy (non-hydrogen) atoms. The Morgan fingerprint density at radius 3 is 3.00 bits per heavy atom. The van der Waals surface area contributed by atoms with Crippen molar-refractivity contribution in [3.63, 3.8) is 0 Å². The fourth-order valence-corrected chi connectivity index (χ4v) is 1.19. The molecule has 0 aromatic carbocycles. The van der Waals surface area contributed by atoms with Gasteiger partial charge in [-0.05, 0) is 6.42 Å². The molecule has 0 aliphatic carbocycles. The number of hydrogen-bond donors (Lipinski definition) is 2. The third-order valence-electron chi connectivity index (χ3n) is 1.81. The maximum absolute atomic E-state index is 11.5. The van der Waals surface area contributed by atoms with Crippen LogP contribution in [0.2, 0.25) is 0 Å². The number of carbonyl (C=O) groups excluding carboxylic acids is 1. The van der Waals surface area contributed by atoms with E-state index in [2.05, 4.69) is 9.97 Å².